The van der Waals surface area contributed by atoms with Crippen molar-refractivity contribution in [1.82, 2.24) is 0 Å². The van der Waals surface area contributed by atoms with Gasteiger partial charge in [-0.3, -0.25) is 4.79 Å². The molecule has 1 heteroatoms. The molecule has 1 aliphatic rings. The summed E-state index contributed by atoms with van der Waals surface area (Å²) in [5, 5.41) is 0. The predicted octanol–water partition coefficient (Wildman–Crippen LogP) is 4.46. The summed E-state index contributed by atoms with van der Waals surface area (Å²) in [5.74, 6) is 0.852. The lowest BCUT2D eigenvalue weighted by Crippen LogP contribution is -2.08. The summed E-state index contributed by atoms with van der Waals surface area (Å²) < 4.78 is 0. The molecule has 0 amide bonds. The lowest BCUT2D eigenvalue weighted by molar-refractivity contribution is -0.117. The standard InChI is InChI=1S/C19H18O/c1-14(15-8-4-2-5-9-15)18-12-17(20)13-19(18)16-10-6-3-7-11-16/h2-11,18-19H,1,12-13H2/t18-,19-/m0/s1. The zero-order chi connectivity index (χ0) is 13.9. The molecule has 0 unspecified atom stereocenters. The lowest BCUT2D eigenvalue weighted by atomic mass is 9.82. The van der Waals surface area contributed by atoms with Crippen molar-refractivity contribution in [2.75, 3.05) is 0 Å². The van der Waals surface area contributed by atoms with Crippen LogP contribution in [0.1, 0.15) is 29.9 Å². The second kappa shape index (κ2) is 5.46. The summed E-state index contributed by atoms with van der Waals surface area (Å²) in [6.07, 6.45) is 1.26. The topological polar surface area (TPSA) is 17.1 Å². The molecule has 3 rings (SSSR count). The Kier molecular flexibility index (Phi) is 3.51. The molecule has 0 N–H and O–H groups in total. The molecule has 0 heterocycles. The Hall–Kier alpha value is -2.15. The molecule has 0 aromatic heterocycles. The van der Waals surface area contributed by atoms with Crippen LogP contribution in [-0.2, 0) is 4.79 Å². The Bertz CT molecular complexity index is 613. The van der Waals surface area contributed by atoms with E-state index in [-0.39, 0.29) is 11.8 Å². The smallest absolute Gasteiger partial charge is 0.134 e. The Morgan fingerprint density at radius 1 is 0.900 bits per heavy atom. The quantitative estimate of drug-likeness (QED) is 0.798. The van der Waals surface area contributed by atoms with Crippen molar-refractivity contribution < 1.29 is 4.79 Å². The third-order valence-electron chi connectivity index (χ3n) is 4.20. The van der Waals surface area contributed by atoms with E-state index in [1.54, 1.807) is 0 Å². The summed E-state index contributed by atoms with van der Waals surface area (Å²) in [6, 6.07) is 20.5. The molecule has 1 aliphatic carbocycles. The maximum Gasteiger partial charge on any atom is 0.134 e. The summed E-state index contributed by atoms with van der Waals surface area (Å²) >= 11 is 0. The van der Waals surface area contributed by atoms with Gasteiger partial charge in [0.25, 0.3) is 0 Å². The van der Waals surface area contributed by atoms with E-state index in [1.807, 2.05) is 36.4 Å². The van der Waals surface area contributed by atoms with Gasteiger partial charge in [-0.1, -0.05) is 67.2 Å². The summed E-state index contributed by atoms with van der Waals surface area (Å²) in [5.41, 5.74) is 3.49. The van der Waals surface area contributed by atoms with E-state index in [4.69, 9.17) is 0 Å². The maximum atomic E-state index is 11.9. The molecule has 2 aromatic carbocycles. The molecule has 20 heavy (non-hydrogen) atoms. The molecule has 100 valence electrons. The fourth-order valence-electron chi connectivity index (χ4n) is 3.14. The van der Waals surface area contributed by atoms with Gasteiger partial charge in [0.05, 0.1) is 0 Å². The summed E-state index contributed by atoms with van der Waals surface area (Å²) in [6.45, 7) is 4.26. The molecule has 0 bridgehead atoms. The average molecular weight is 262 g/mol. The second-order valence-electron chi connectivity index (χ2n) is 5.46. The van der Waals surface area contributed by atoms with E-state index in [0.29, 0.717) is 18.6 Å². The van der Waals surface area contributed by atoms with E-state index < -0.39 is 0 Å². The van der Waals surface area contributed by atoms with Crippen LogP contribution >= 0.6 is 0 Å². The normalized spacial score (nSPS) is 21.9. The number of rotatable bonds is 3. The van der Waals surface area contributed by atoms with Crippen molar-refractivity contribution in [2.24, 2.45) is 5.92 Å². The zero-order valence-corrected chi connectivity index (χ0v) is 11.5. The highest BCUT2D eigenvalue weighted by Gasteiger charge is 2.35. The SMILES string of the molecule is C=C(c1ccccc1)[C@@H]1CC(=O)C[C@H]1c1ccccc1. The van der Waals surface area contributed by atoms with Crippen LogP contribution in [0.5, 0.6) is 0 Å². The minimum Gasteiger partial charge on any atom is -0.300 e. The second-order valence-corrected chi connectivity index (χ2v) is 5.46. The van der Waals surface area contributed by atoms with E-state index in [0.717, 1.165) is 11.1 Å². The monoisotopic (exact) mass is 262 g/mol. The first kappa shape index (κ1) is 12.9. The number of allylic oxidation sites excluding steroid dienone is 1. The number of benzene rings is 2. The average Bonchev–Trinajstić information content (AvgIpc) is 2.90. The number of carbonyl (C=O) groups excluding carboxylic acids is 1. The number of Topliss-reactive ketones (excluding diaryl/α,β-unsaturated/α-hetero) is 1. The third-order valence-corrected chi connectivity index (χ3v) is 4.20. The van der Waals surface area contributed by atoms with Gasteiger partial charge < -0.3 is 0 Å². The van der Waals surface area contributed by atoms with Crippen LogP contribution in [0.25, 0.3) is 5.57 Å². The molecular weight excluding hydrogens is 244 g/mol. The Balaban J connectivity index is 1.91. The molecule has 0 spiro atoms. The largest absolute Gasteiger partial charge is 0.300 e. The molecule has 1 saturated carbocycles. The highest BCUT2D eigenvalue weighted by molar-refractivity contribution is 5.86. The van der Waals surface area contributed by atoms with E-state index in [9.17, 15) is 4.79 Å². The van der Waals surface area contributed by atoms with Gasteiger partial charge in [0.1, 0.15) is 5.78 Å². The van der Waals surface area contributed by atoms with Crippen molar-refractivity contribution >= 4 is 11.4 Å². The summed E-state index contributed by atoms with van der Waals surface area (Å²) in [7, 11) is 0. The fourth-order valence-corrected chi connectivity index (χ4v) is 3.14. The lowest BCUT2D eigenvalue weighted by Gasteiger charge is -2.21. The van der Waals surface area contributed by atoms with E-state index in [2.05, 4.69) is 30.8 Å². The molecule has 0 saturated heterocycles. The van der Waals surface area contributed by atoms with Crippen LogP contribution < -0.4 is 0 Å². The van der Waals surface area contributed by atoms with Gasteiger partial charge in [0.2, 0.25) is 0 Å². The molecule has 0 aliphatic heterocycles. The first-order valence-corrected chi connectivity index (χ1v) is 7.06. The number of ketones is 1. The Morgan fingerprint density at radius 2 is 1.50 bits per heavy atom. The van der Waals surface area contributed by atoms with Gasteiger partial charge in [0.15, 0.2) is 0 Å². The van der Waals surface area contributed by atoms with Gasteiger partial charge in [-0.15, -0.1) is 0 Å². The minimum atomic E-state index is 0.229. The van der Waals surface area contributed by atoms with E-state index >= 15 is 0 Å². The van der Waals surface area contributed by atoms with Gasteiger partial charge in [-0.05, 0) is 28.5 Å². The van der Waals surface area contributed by atoms with Crippen LogP contribution in [0.2, 0.25) is 0 Å². The highest BCUT2D eigenvalue weighted by Crippen LogP contribution is 2.44. The van der Waals surface area contributed by atoms with Gasteiger partial charge in [-0.25, -0.2) is 0 Å². The van der Waals surface area contributed by atoms with Crippen LogP contribution in [0.4, 0.5) is 0 Å². The van der Waals surface area contributed by atoms with Crippen molar-refractivity contribution in [1.29, 1.82) is 0 Å². The predicted molar refractivity (Wildman–Crippen MR) is 82.4 cm³/mol. The van der Waals surface area contributed by atoms with Crippen molar-refractivity contribution in [3.63, 3.8) is 0 Å². The van der Waals surface area contributed by atoms with Crippen molar-refractivity contribution in [3.05, 3.63) is 78.4 Å². The van der Waals surface area contributed by atoms with Crippen molar-refractivity contribution in [2.45, 2.75) is 18.8 Å². The van der Waals surface area contributed by atoms with Crippen LogP contribution in [0.15, 0.2) is 67.2 Å². The molecular formula is C19H18O. The zero-order valence-electron chi connectivity index (χ0n) is 11.5. The number of carbonyl (C=O) groups is 1. The molecule has 1 nitrogen and oxygen atoms in total. The maximum absolute atomic E-state index is 11.9. The van der Waals surface area contributed by atoms with Gasteiger partial charge in [-0.2, -0.15) is 0 Å². The van der Waals surface area contributed by atoms with E-state index in [1.165, 1.54) is 5.56 Å². The molecule has 2 aromatic rings. The highest BCUT2D eigenvalue weighted by atomic mass is 16.1. The number of hydrogen-bond donors (Lipinski definition) is 0. The Morgan fingerprint density at radius 3 is 2.15 bits per heavy atom. The molecule has 0 radical (unpaired) electrons. The Labute approximate surface area is 120 Å². The first-order chi connectivity index (χ1) is 9.75. The summed E-state index contributed by atoms with van der Waals surface area (Å²) in [4.78, 5) is 11.9. The molecule has 2 atom stereocenters. The van der Waals surface area contributed by atoms with Crippen LogP contribution in [0, 0.1) is 5.92 Å². The fraction of sp³-hybridized carbons (Fsp3) is 0.211. The first-order valence-electron chi connectivity index (χ1n) is 7.06. The van der Waals surface area contributed by atoms with Crippen molar-refractivity contribution in [3.8, 4) is 0 Å². The van der Waals surface area contributed by atoms with Gasteiger partial charge in [0, 0.05) is 12.8 Å². The van der Waals surface area contributed by atoms with Crippen LogP contribution in [0.3, 0.4) is 0 Å². The molecule has 1 fully saturated rings. The number of hydrogen-bond acceptors (Lipinski definition) is 1. The third kappa shape index (κ3) is 2.44. The van der Waals surface area contributed by atoms with Crippen LogP contribution in [-0.4, -0.2) is 5.78 Å². The minimum absolute atomic E-state index is 0.229. The van der Waals surface area contributed by atoms with Gasteiger partial charge >= 0.3 is 0 Å².